The van der Waals surface area contributed by atoms with Crippen molar-refractivity contribution < 1.29 is 19.2 Å². The summed E-state index contributed by atoms with van der Waals surface area (Å²) in [5, 5.41) is 11.3. The van der Waals surface area contributed by atoms with Gasteiger partial charge in [0.05, 0.1) is 23.7 Å². The number of nitrogens with zero attached hydrogens (tertiary/aromatic N) is 2. The fourth-order valence-electron chi connectivity index (χ4n) is 2.74. The number of hydrogen-bond donors (Lipinski definition) is 0. The van der Waals surface area contributed by atoms with Gasteiger partial charge in [0.15, 0.2) is 0 Å². The SMILES string of the molecule is COC(=O)c1ccc([N+](=O)[O-])c(N2CCC(C)C(OC)C2)c1. The third-order valence-electron chi connectivity index (χ3n) is 4.13. The monoisotopic (exact) mass is 308 g/mol. The molecule has 1 saturated heterocycles. The first-order chi connectivity index (χ1) is 10.5. The number of carbonyl (C=O) groups excluding carboxylic acids is 1. The molecule has 7 nitrogen and oxygen atoms in total. The van der Waals surface area contributed by atoms with Crippen LogP contribution in [0, 0.1) is 16.0 Å². The van der Waals surface area contributed by atoms with E-state index in [1.807, 2.05) is 4.90 Å². The van der Waals surface area contributed by atoms with Crippen molar-refractivity contribution in [3.63, 3.8) is 0 Å². The molecular weight excluding hydrogens is 288 g/mol. The van der Waals surface area contributed by atoms with E-state index >= 15 is 0 Å². The maximum absolute atomic E-state index is 11.7. The van der Waals surface area contributed by atoms with Crippen LogP contribution in [-0.4, -0.2) is 44.3 Å². The van der Waals surface area contributed by atoms with Crippen LogP contribution < -0.4 is 4.90 Å². The predicted molar refractivity (Wildman–Crippen MR) is 81.2 cm³/mol. The van der Waals surface area contributed by atoms with Crippen LogP contribution in [0.4, 0.5) is 11.4 Å². The van der Waals surface area contributed by atoms with Crippen molar-refractivity contribution in [2.45, 2.75) is 19.4 Å². The molecule has 1 aromatic rings. The molecule has 1 aliphatic heterocycles. The van der Waals surface area contributed by atoms with Crippen molar-refractivity contribution in [1.82, 2.24) is 0 Å². The molecular formula is C15H20N2O5. The van der Waals surface area contributed by atoms with Gasteiger partial charge in [0, 0.05) is 26.3 Å². The second kappa shape index (κ2) is 6.74. The van der Waals surface area contributed by atoms with Crippen molar-refractivity contribution in [2.24, 2.45) is 5.92 Å². The summed E-state index contributed by atoms with van der Waals surface area (Å²) in [6.45, 7) is 3.35. The number of methoxy groups -OCH3 is 2. The van der Waals surface area contributed by atoms with Gasteiger partial charge in [-0.05, 0) is 24.5 Å². The molecule has 7 heteroatoms. The molecule has 0 aliphatic carbocycles. The van der Waals surface area contributed by atoms with Crippen LogP contribution in [0.15, 0.2) is 18.2 Å². The number of nitro groups is 1. The molecule has 0 aromatic heterocycles. The third-order valence-corrected chi connectivity index (χ3v) is 4.13. The highest BCUT2D eigenvalue weighted by molar-refractivity contribution is 5.91. The van der Waals surface area contributed by atoms with E-state index in [1.54, 1.807) is 7.11 Å². The number of anilines is 1. The van der Waals surface area contributed by atoms with E-state index in [1.165, 1.54) is 25.3 Å². The molecule has 0 bridgehead atoms. The summed E-state index contributed by atoms with van der Waals surface area (Å²) in [6.07, 6.45) is 0.883. The Morgan fingerprint density at radius 2 is 2.14 bits per heavy atom. The van der Waals surface area contributed by atoms with Crippen LogP contribution in [0.2, 0.25) is 0 Å². The van der Waals surface area contributed by atoms with Gasteiger partial charge in [0.25, 0.3) is 5.69 Å². The van der Waals surface area contributed by atoms with E-state index in [0.717, 1.165) is 6.42 Å². The molecule has 120 valence electrons. The van der Waals surface area contributed by atoms with Crippen molar-refractivity contribution >= 4 is 17.3 Å². The molecule has 1 aliphatic rings. The van der Waals surface area contributed by atoms with Crippen LogP contribution in [-0.2, 0) is 9.47 Å². The molecule has 0 amide bonds. The number of nitro benzene ring substituents is 1. The molecule has 1 fully saturated rings. The second-order valence-corrected chi connectivity index (χ2v) is 5.44. The zero-order valence-electron chi connectivity index (χ0n) is 12.9. The zero-order valence-corrected chi connectivity index (χ0v) is 12.9. The maximum Gasteiger partial charge on any atom is 0.337 e. The maximum atomic E-state index is 11.7. The Kier molecular flexibility index (Phi) is 4.97. The predicted octanol–water partition coefficient (Wildman–Crippen LogP) is 2.24. The van der Waals surface area contributed by atoms with Crippen LogP contribution in [0.5, 0.6) is 0 Å². The highest BCUT2D eigenvalue weighted by Gasteiger charge is 2.30. The first-order valence-electron chi connectivity index (χ1n) is 7.12. The average molecular weight is 308 g/mol. The fourth-order valence-corrected chi connectivity index (χ4v) is 2.74. The van der Waals surface area contributed by atoms with E-state index in [9.17, 15) is 14.9 Å². The Bertz CT molecular complexity index is 575. The minimum absolute atomic E-state index is 0.00939. The standard InChI is InChI=1S/C15H20N2O5/c1-10-6-7-16(9-14(10)21-2)13-8-11(15(18)22-3)4-5-12(13)17(19)20/h4-5,8,10,14H,6-7,9H2,1-3H3. The van der Waals surface area contributed by atoms with Gasteiger partial charge in [0.2, 0.25) is 0 Å². The lowest BCUT2D eigenvalue weighted by Gasteiger charge is -2.37. The van der Waals surface area contributed by atoms with Crippen molar-refractivity contribution in [1.29, 1.82) is 0 Å². The highest BCUT2D eigenvalue weighted by Crippen LogP contribution is 2.33. The Hall–Kier alpha value is -2.15. The number of benzene rings is 1. The van der Waals surface area contributed by atoms with Gasteiger partial charge in [-0.3, -0.25) is 10.1 Å². The van der Waals surface area contributed by atoms with E-state index in [0.29, 0.717) is 30.3 Å². The van der Waals surface area contributed by atoms with E-state index in [4.69, 9.17) is 4.74 Å². The molecule has 0 N–H and O–H groups in total. The molecule has 2 unspecified atom stereocenters. The zero-order chi connectivity index (χ0) is 16.3. The number of hydrogen-bond acceptors (Lipinski definition) is 6. The van der Waals surface area contributed by atoms with Gasteiger partial charge < -0.3 is 14.4 Å². The lowest BCUT2D eigenvalue weighted by atomic mass is 9.95. The molecule has 1 heterocycles. The smallest absolute Gasteiger partial charge is 0.337 e. The van der Waals surface area contributed by atoms with Crippen LogP contribution in [0.1, 0.15) is 23.7 Å². The summed E-state index contributed by atoms with van der Waals surface area (Å²) >= 11 is 0. The Morgan fingerprint density at radius 1 is 1.41 bits per heavy atom. The Morgan fingerprint density at radius 3 is 2.73 bits per heavy atom. The quantitative estimate of drug-likeness (QED) is 0.482. The van der Waals surface area contributed by atoms with E-state index in [-0.39, 0.29) is 11.8 Å². The van der Waals surface area contributed by atoms with Gasteiger partial charge in [-0.2, -0.15) is 0 Å². The van der Waals surface area contributed by atoms with Crippen LogP contribution in [0.3, 0.4) is 0 Å². The summed E-state index contributed by atoms with van der Waals surface area (Å²) < 4.78 is 10.1. The lowest BCUT2D eigenvalue weighted by Crippen LogP contribution is -2.44. The number of esters is 1. The van der Waals surface area contributed by atoms with E-state index in [2.05, 4.69) is 11.7 Å². The summed E-state index contributed by atoms with van der Waals surface area (Å²) in [6, 6.07) is 4.28. The summed E-state index contributed by atoms with van der Waals surface area (Å²) in [4.78, 5) is 24.4. The van der Waals surface area contributed by atoms with Crippen molar-refractivity contribution in [2.75, 3.05) is 32.2 Å². The number of rotatable bonds is 4. The molecule has 1 aromatic carbocycles. The Labute approximate surface area is 129 Å². The topological polar surface area (TPSA) is 81.9 Å². The second-order valence-electron chi connectivity index (χ2n) is 5.44. The molecule has 2 atom stereocenters. The first-order valence-corrected chi connectivity index (χ1v) is 7.12. The van der Waals surface area contributed by atoms with Gasteiger partial charge in [-0.1, -0.05) is 6.92 Å². The number of carbonyl (C=O) groups is 1. The van der Waals surface area contributed by atoms with Gasteiger partial charge in [-0.25, -0.2) is 4.79 Å². The number of piperidine rings is 1. The summed E-state index contributed by atoms with van der Waals surface area (Å²) in [5.41, 5.74) is 0.717. The van der Waals surface area contributed by atoms with E-state index < -0.39 is 10.9 Å². The minimum atomic E-state index is -0.509. The number of ether oxygens (including phenoxy) is 2. The molecule has 22 heavy (non-hydrogen) atoms. The first kappa shape index (κ1) is 16.2. The largest absolute Gasteiger partial charge is 0.465 e. The minimum Gasteiger partial charge on any atom is -0.465 e. The van der Waals surface area contributed by atoms with Crippen LogP contribution >= 0.6 is 0 Å². The van der Waals surface area contributed by atoms with Crippen molar-refractivity contribution in [3.05, 3.63) is 33.9 Å². The highest BCUT2D eigenvalue weighted by atomic mass is 16.6. The summed E-state index contributed by atoms with van der Waals surface area (Å²) in [5.74, 6) is -0.117. The Balaban J connectivity index is 2.38. The van der Waals surface area contributed by atoms with Gasteiger partial charge in [0.1, 0.15) is 5.69 Å². The molecule has 2 rings (SSSR count). The fraction of sp³-hybridized carbons (Fsp3) is 0.533. The normalized spacial score (nSPS) is 21.5. The molecule has 0 saturated carbocycles. The van der Waals surface area contributed by atoms with Crippen LogP contribution in [0.25, 0.3) is 0 Å². The average Bonchev–Trinajstić information content (AvgIpc) is 2.53. The van der Waals surface area contributed by atoms with Crippen molar-refractivity contribution in [3.8, 4) is 0 Å². The lowest BCUT2D eigenvalue weighted by molar-refractivity contribution is -0.384. The molecule has 0 radical (unpaired) electrons. The third kappa shape index (κ3) is 3.19. The van der Waals surface area contributed by atoms with Gasteiger partial charge >= 0.3 is 5.97 Å². The summed E-state index contributed by atoms with van der Waals surface area (Å²) in [7, 11) is 2.93. The molecule has 0 spiro atoms. The van der Waals surface area contributed by atoms with Gasteiger partial charge in [-0.15, -0.1) is 0 Å².